The number of halogens is 1. The molecular formula is C25H42ClN3O4S. The van der Waals surface area contributed by atoms with Crippen molar-refractivity contribution in [3.05, 3.63) is 0 Å². The van der Waals surface area contributed by atoms with Crippen molar-refractivity contribution in [1.82, 2.24) is 15.5 Å². The van der Waals surface area contributed by atoms with E-state index < -0.39 is 9.84 Å². The molecule has 3 saturated carbocycles. The second-order valence-corrected chi connectivity index (χ2v) is 14.1. The Balaban J connectivity index is 1.17. The van der Waals surface area contributed by atoms with Gasteiger partial charge in [-0.05, 0) is 95.4 Å². The van der Waals surface area contributed by atoms with Crippen molar-refractivity contribution < 1.29 is 18.0 Å². The molecule has 4 aliphatic rings. The van der Waals surface area contributed by atoms with Gasteiger partial charge in [0.25, 0.3) is 0 Å². The monoisotopic (exact) mass is 515 g/mol. The molecular weight excluding hydrogens is 474 g/mol. The number of hydrogen-bond acceptors (Lipinski definition) is 5. The standard InChI is InChI=1S/C25H42ClN3O4S/c1-29(23-4-2-3-13-27-23)25(31)21-12-9-19(15-22(21)26)28-24(30)14-17-7-10-20(11-8-17)34(32,33)16-18-5-6-18/h17-23,27H,2-16H2,1H3,(H,28,30). The average molecular weight is 516 g/mol. The average Bonchev–Trinajstić information content (AvgIpc) is 3.62. The van der Waals surface area contributed by atoms with Crippen molar-refractivity contribution >= 4 is 33.3 Å². The van der Waals surface area contributed by atoms with Crippen LogP contribution in [0.15, 0.2) is 0 Å². The van der Waals surface area contributed by atoms with Crippen molar-refractivity contribution in [3.8, 4) is 0 Å². The number of alkyl halides is 1. The molecule has 9 heteroatoms. The van der Waals surface area contributed by atoms with Crippen LogP contribution in [0.25, 0.3) is 0 Å². The highest BCUT2D eigenvalue weighted by atomic mass is 35.5. The minimum Gasteiger partial charge on any atom is -0.353 e. The van der Waals surface area contributed by atoms with E-state index in [2.05, 4.69) is 10.6 Å². The lowest BCUT2D eigenvalue weighted by Crippen LogP contribution is -2.53. The highest BCUT2D eigenvalue weighted by Crippen LogP contribution is 2.36. The van der Waals surface area contributed by atoms with Crippen LogP contribution in [0.2, 0.25) is 0 Å². The maximum Gasteiger partial charge on any atom is 0.228 e. The number of hydrogen-bond donors (Lipinski definition) is 2. The molecule has 4 fully saturated rings. The van der Waals surface area contributed by atoms with Gasteiger partial charge in [-0.2, -0.15) is 0 Å². The summed E-state index contributed by atoms with van der Waals surface area (Å²) in [6.45, 7) is 0.948. The Hall–Kier alpha value is -0.860. The lowest BCUT2D eigenvalue weighted by Gasteiger charge is -2.38. The zero-order valence-electron chi connectivity index (χ0n) is 20.5. The zero-order chi connectivity index (χ0) is 24.3. The van der Waals surface area contributed by atoms with Crippen molar-refractivity contribution in [1.29, 1.82) is 0 Å². The Morgan fingerprint density at radius 3 is 2.29 bits per heavy atom. The van der Waals surface area contributed by atoms with E-state index in [0.717, 1.165) is 57.9 Å². The van der Waals surface area contributed by atoms with Gasteiger partial charge in [0.05, 0.1) is 23.1 Å². The molecule has 0 radical (unpaired) electrons. The van der Waals surface area contributed by atoms with Crippen LogP contribution >= 0.6 is 11.6 Å². The summed E-state index contributed by atoms with van der Waals surface area (Å²) in [5.41, 5.74) is 0. The fraction of sp³-hybridized carbons (Fsp3) is 0.920. The topological polar surface area (TPSA) is 95.6 Å². The van der Waals surface area contributed by atoms with Gasteiger partial charge in [0, 0.05) is 24.9 Å². The summed E-state index contributed by atoms with van der Waals surface area (Å²) in [7, 11) is -1.11. The molecule has 4 unspecified atom stereocenters. The molecule has 194 valence electrons. The molecule has 0 bridgehead atoms. The first-order valence-corrected chi connectivity index (χ1v) is 15.5. The summed E-state index contributed by atoms with van der Waals surface area (Å²) in [6.07, 6.45) is 11.0. The number of carbonyl (C=O) groups is 2. The van der Waals surface area contributed by atoms with Gasteiger partial charge in [-0.25, -0.2) is 8.42 Å². The highest BCUT2D eigenvalue weighted by molar-refractivity contribution is 7.92. The van der Waals surface area contributed by atoms with Gasteiger partial charge in [-0.3, -0.25) is 14.9 Å². The molecule has 1 aliphatic heterocycles. The first kappa shape index (κ1) is 26.2. The van der Waals surface area contributed by atoms with Crippen LogP contribution in [0.4, 0.5) is 0 Å². The first-order chi connectivity index (χ1) is 16.2. The molecule has 1 heterocycles. The molecule has 1 saturated heterocycles. The van der Waals surface area contributed by atoms with Crippen LogP contribution in [0, 0.1) is 17.8 Å². The summed E-state index contributed by atoms with van der Waals surface area (Å²) in [5, 5.41) is 6.08. The zero-order valence-corrected chi connectivity index (χ0v) is 22.1. The summed E-state index contributed by atoms with van der Waals surface area (Å²) in [4.78, 5) is 27.6. The molecule has 0 aromatic carbocycles. The van der Waals surface area contributed by atoms with E-state index in [1.54, 1.807) is 0 Å². The fourth-order valence-corrected chi connectivity index (χ4v) is 8.80. The molecule has 2 N–H and O–H groups in total. The van der Waals surface area contributed by atoms with E-state index in [1.165, 1.54) is 0 Å². The number of nitrogens with zero attached hydrogens (tertiary/aromatic N) is 1. The highest BCUT2D eigenvalue weighted by Gasteiger charge is 2.38. The number of carbonyl (C=O) groups excluding carboxylic acids is 2. The van der Waals surface area contributed by atoms with Gasteiger partial charge in [-0.15, -0.1) is 11.6 Å². The van der Waals surface area contributed by atoms with E-state index >= 15 is 0 Å². The third-order valence-electron chi connectivity index (χ3n) is 8.49. The van der Waals surface area contributed by atoms with Crippen molar-refractivity contribution in [2.45, 2.75) is 106 Å². The van der Waals surface area contributed by atoms with Crippen molar-refractivity contribution in [3.63, 3.8) is 0 Å². The minimum atomic E-state index is -2.98. The number of amides is 2. The second-order valence-electron chi connectivity index (χ2n) is 11.2. The number of piperidine rings is 1. The molecule has 3 aliphatic carbocycles. The van der Waals surface area contributed by atoms with E-state index in [1.807, 2.05) is 11.9 Å². The molecule has 34 heavy (non-hydrogen) atoms. The number of sulfone groups is 1. The number of rotatable bonds is 8. The van der Waals surface area contributed by atoms with Gasteiger partial charge < -0.3 is 10.2 Å². The maximum atomic E-state index is 13.0. The van der Waals surface area contributed by atoms with Crippen molar-refractivity contribution in [2.24, 2.45) is 17.8 Å². The molecule has 0 aromatic rings. The lowest BCUT2D eigenvalue weighted by molar-refractivity contribution is -0.138. The van der Waals surface area contributed by atoms with Gasteiger partial charge >= 0.3 is 0 Å². The predicted molar refractivity (Wildman–Crippen MR) is 134 cm³/mol. The molecule has 4 atom stereocenters. The third kappa shape index (κ3) is 6.88. The summed E-state index contributed by atoms with van der Waals surface area (Å²) < 4.78 is 25.1. The number of nitrogens with one attached hydrogen (secondary N) is 2. The first-order valence-electron chi connectivity index (χ1n) is 13.4. The molecule has 0 aromatic heterocycles. The Bertz CT molecular complexity index is 820. The van der Waals surface area contributed by atoms with Gasteiger partial charge in [0.1, 0.15) is 0 Å². The largest absolute Gasteiger partial charge is 0.353 e. The van der Waals surface area contributed by atoms with E-state index in [-0.39, 0.29) is 46.5 Å². The maximum absolute atomic E-state index is 13.0. The fourth-order valence-electron chi connectivity index (χ4n) is 6.10. The third-order valence-corrected chi connectivity index (χ3v) is 11.4. The predicted octanol–water partition coefficient (Wildman–Crippen LogP) is 3.21. The quantitative estimate of drug-likeness (QED) is 0.484. The molecule has 7 nitrogen and oxygen atoms in total. The molecule has 4 rings (SSSR count). The molecule has 2 amide bonds. The second kappa shape index (κ2) is 11.5. The van der Waals surface area contributed by atoms with E-state index in [0.29, 0.717) is 43.8 Å². The Morgan fingerprint density at radius 2 is 1.68 bits per heavy atom. The van der Waals surface area contributed by atoms with Crippen molar-refractivity contribution in [2.75, 3.05) is 19.3 Å². The van der Waals surface area contributed by atoms with Gasteiger partial charge in [0.2, 0.25) is 11.8 Å². The SMILES string of the molecule is CN(C(=O)C1CCC(NC(=O)CC2CCC(S(=O)(=O)CC3CC3)CC2)CC1Cl)C1CCCCN1. The van der Waals surface area contributed by atoms with Gasteiger partial charge in [0.15, 0.2) is 9.84 Å². The normalized spacial score (nSPS) is 34.9. The Morgan fingerprint density at radius 1 is 0.971 bits per heavy atom. The summed E-state index contributed by atoms with van der Waals surface area (Å²) >= 11 is 6.65. The summed E-state index contributed by atoms with van der Waals surface area (Å²) in [5.74, 6) is 0.962. The van der Waals surface area contributed by atoms with Crippen LogP contribution in [0.3, 0.4) is 0 Å². The Labute approximate surface area is 210 Å². The van der Waals surface area contributed by atoms with Crippen LogP contribution in [-0.2, 0) is 19.4 Å². The lowest BCUT2D eigenvalue weighted by atomic mass is 9.83. The van der Waals surface area contributed by atoms with E-state index in [4.69, 9.17) is 11.6 Å². The van der Waals surface area contributed by atoms with E-state index in [9.17, 15) is 18.0 Å². The van der Waals surface area contributed by atoms with Crippen LogP contribution in [-0.4, -0.2) is 67.3 Å². The van der Waals surface area contributed by atoms with Crippen LogP contribution in [0.5, 0.6) is 0 Å². The molecule has 0 spiro atoms. The minimum absolute atomic E-state index is 0.00687. The van der Waals surface area contributed by atoms with Crippen LogP contribution < -0.4 is 10.6 Å². The van der Waals surface area contributed by atoms with Crippen LogP contribution in [0.1, 0.15) is 83.5 Å². The van der Waals surface area contributed by atoms with Gasteiger partial charge in [-0.1, -0.05) is 0 Å². The summed E-state index contributed by atoms with van der Waals surface area (Å²) in [6, 6.07) is 0.00687. The Kier molecular flexibility index (Phi) is 8.84. The smallest absolute Gasteiger partial charge is 0.228 e.